The van der Waals surface area contributed by atoms with E-state index in [4.69, 9.17) is 4.74 Å². The average molecular weight is 282 g/mol. The van der Waals surface area contributed by atoms with Crippen LogP contribution in [0.3, 0.4) is 0 Å². The number of rotatable bonds is 3. The Morgan fingerprint density at radius 1 is 1.19 bits per heavy atom. The number of fused-ring (bicyclic) bond motifs is 1. The van der Waals surface area contributed by atoms with Gasteiger partial charge in [-0.15, -0.1) is 0 Å². The predicted octanol–water partition coefficient (Wildman–Crippen LogP) is 3.12. The van der Waals surface area contributed by atoms with Gasteiger partial charge in [0.1, 0.15) is 11.4 Å². The van der Waals surface area contributed by atoms with Crippen molar-refractivity contribution in [3.63, 3.8) is 0 Å². The van der Waals surface area contributed by atoms with Crippen molar-refractivity contribution in [2.24, 2.45) is 0 Å². The van der Waals surface area contributed by atoms with Gasteiger partial charge in [-0.2, -0.15) is 0 Å². The number of aryl methyl sites for hydroxylation is 2. The van der Waals surface area contributed by atoms with Crippen LogP contribution in [0, 0.1) is 13.8 Å². The summed E-state index contributed by atoms with van der Waals surface area (Å²) in [5.41, 5.74) is 5.64. The fourth-order valence-electron chi connectivity index (χ4n) is 2.61. The SMILES string of the molecule is COc1ccc(-c2nc3cc(C)ccn3c2CO)cc1C. The second-order valence-electron chi connectivity index (χ2n) is 5.18. The Bertz CT molecular complexity index is 806. The van der Waals surface area contributed by atoms with E-state index in [0.29, 0.717) is 0 Å². The molecule has 0 amide bonds. The van der Waals surface area contributed by atoms with Crippen LogP contribution in [-0.2, 0) is 6.61 Å². The lowest BCUT2D eigenvalue weighted by Gasteiger charge is -2.07. The van der Waals surface area contributed by atoms with Crippen molar-refractivity contribution in [3.05, 3.63) is 53.3 Å². The van der Waals surface area contributed by atoms with Crippen LogP contribution in [0.15, 0.2) is 36.5 Å². The molecule has 0 bridgehead atoms. The molecule has 0 unspecified atom stereocenters. The lowest BCUT2D eigenvalue weighted by atomic mass is 10.1. The maximum Gasteiger partial charge on any atom is 0.138 e. The number of aliphatic hydroxyl groups is 1. The molecule has 4 nitrogen and oxygen atoms in total. The Labute approximate surface area is 123 Å². The highest BCUT2D eigenvalue weighted by Crippen LogP contribution is 2.29. The summed E-state index contributed by atoms with van der Waals surface area (Å²) in [6.07, 6.45) is 1.95. The summed E-state index contributed by atoms with van der Waals surface area (Å²) in [6.45, 7) is 3.98. The first-order valence-corrected chi connectivity index (χ1v) is 6.87. The number of pyridine rings is 1. The van der Waals surface area contributed by atoms with Crippen molar-refractivity contribution in [1.82, 2.24) is 9.38 Å². The van der Waals surface area contributed by atoms with Crippen molar-refractivity contribution < 1.29 is 9.84 Å². The molecule has 0 saturated carbocycles. The van der Waals surface area contributed by atoms with Gasteiger partial charge in [0.05, 0.1) is 25.1 Å². The van der Waals surface area contributed by atoms with Crippen LogP contribution in [0.4, 0.5) is 0 Å². The highest BCUT2D eigenvalue weighted by molar-refractivity contribution is 5.68. The lowest BCUT2D eigenvalue weighted by Crippen LogP contribution is -1.95. The largest absolute Gasteiger partial charge is 0.496 e. The lowest BCUT2D eigenvalue weighted by molar-refractivity contribution is 0.276. The Kier molecular flexibility index (Phi) is 3.39. The smallest absolute Gasteiger partial charge is 0.138 e. The third-order valence-corrected chi connectivity index (χ3v) is 3.70. The minimum Gasteiger partial charge on any atom is -0.496 e. The van der Waals surface area contributed by atoms with Crippen LogP contribution in [0.5, 0.6) is 5.75 Å². The highest BCUT2D eigenvalue weighted by Gasteiger charge is 2.14. The molecule has 0 aliphatic rings. The Balaban J connectivity index is 2.21. The summed E-state index contributed by atoms with van der Waals surface area (Å²) >= 11 is 0. The van der Waals surface area contributed by atoms with Crippen LogP contribution in [0.2, 0.25) is 0 Å². The minimum absolute atomic E-state index is 0.0510. The Morgan fingerprint density at radius 3 is 2.67 bits per heavy atom. The number of aromatic nitrogens is 2. The van der Waals surface area contributed by atoms with E-state index in [1.807, 2.05) is 54.8 Å². The topological polar surface area (TPSA) is 46.8 Å². The molecule has 0 aliphatic carbocycles. The van der Waals surface area contributed by atoms with Gasteiger partial charge in [0.2, 0.25) is 0 Å². The molecule has 3 rings (SSSR count). The number of hydrogen-bond acceptors (Lipinski definition) is 3. The zero-order valence-corrected chi connectivity index (χ0v) is 12.4. The molecule has 4 heteroatoms. The number of hydrogen-bond donors (Lipinski definition) is 1. The normalized spacial score (nSPS) is 11.0. The maximum atomic E-state index is 9.72. The number of methoxy groups -OCH3 is 1. The van der Waals surface area contributed by atoms with Crippen LogP contribution in [0.25, 0.3) is 16.9 Å². The van der Waals surface area contributed by atoms with Crippen LogP contribution < -0.4 is 4.74 Å². The van der Waals surface area contributed by atoms with Gasteiger partial charge in [-0.25, -0.2) is 4.98 Å². The molecule has 21 heavy (non-hydrogen) atoms. The zero-order valence-electron chi connectivity index (χ0n) is 12.4. The molecule has 1 N–H and O–H groups in total. The first-order valence-electron chi connectivity index (χ1n) is 6.87. The first-order chi connectivity index (χ1) is 10.1. The molecule has 0 saturated heterocycles. The molecule has 1 aromatic carbocycles. The third kappa shape index (κ3) is 2.28. The van der Waals surface area contributed by atoms with E-state index in [1.165, 1.54) is 0 Å². The molecular weight excluding hydrogens is 264 g/mol. The van der Waals surface area contributed by atoms with Gasteiger partial charge in [0.25, 0.3) is 0 Å². The third-order valence-electron chi connectivity index (χ3n) is 3.70. The van der Waals surface area contributed by atoms with Crippen LogP contribution >= 0.6 is 0 Å². The fourth-order valence-corrected chi connectivity index (χ4v) is 2.61. The van der Waals surface area contributed by atoms with Gasteiger partial charge >= 0.3 is 0 Å². The highest BCUT2D eigenvalue weighted by atomic mass is 16.5. The average Bonchev–Trinajstić information content (AvgIpc) is 2.84. The molecule has 0 atom stereocenters. The number of aliphatic hydroxyl groups excluding tert-OH is 1. The number of nitrogens with zero attached hydrogens (tertiary/aromatic N) is 2. The monoisotopic (exact) mass is 282 g/mol. The second-order valence-corrected chi connectivity index (χ2v) is 5.18. The van der Waals surface area contributed by atoms with Crippen molar-refractivity contribution in [1.29, 1.82) is 0 Å². The van der Waals surface area contributed by atoms with E-state index in [9.17, 15) is 5.11 Å². The summed E-state index contributed by atoms with van der Waals surface area (Å²) in [4.78, 5) is 4.67. The maximum absolute atomic E-state index is 9.72. The van der Waals surface area contributed by atoms with Crippen LogP contribution in [-0.4, -0.2) is 21.6 Å². The van der Waals surface area contributed by atoms with E-state index in [1.54, 1.807) is 7.11 Å². The van der Waals surface area contributed by atoms with Crippen molar-refractivity contribution in [2.75, 3.05) is 7.11 Å². The van der Waals surface area contributed by atoms with E-state index in [0.717, 1.165) is 39.5 Å². The van der Waals surface area contributed by atoms with Gasteiger partial charge in [0.15, 0.2) is 0 Å². The van der Waals surface area contributed by atoms with E-state index in [2.05, 4.69) is 4.98 Å². The van der Waals surface area contributed by atoms with Crippen molar-refractivity contribution in [3.8, 4) is 17.0 Å². The molecule has 0 spiro atoms. The first kappa shape index (κ1) is 13.6. The number of imidazole rings is 1. The molecule has 0 fully saturated rings. The van der Waals surface area contributed by atoms with E-state index >= 15 is 0 Å². The summed E-state index contributed by atoms with van der Waals surface area (Å²) in [5.74, 6) is 0.851. The summed E-state index contributed by atoms with van der Waals surface area (Å²) < 4.78 is 7.22. The predicted molar refractivity (Wildman–Crippen MR) is 82.6 cm³/mol. The Morgan fingerprint density at radius 2 is 2.00 bits per heavy atom. The van der Waals surface area contributed by atoms with Crippen molar-refractivity contribution in [2.45, 2.75) is 20.5 Å². The van der Waals surface area contributed by atoms with Gasteiger partial charge in [-0.05, 0) is 55.3 Å². The van der Waals surface area contributed by atoms with Gasteiger partial charge < -0.3 is 14.2 Å². The van der Waals surface area contributed by atoms with Gasteiger partial charge in [0, 0.05) is 11.8 Å². The van der Waals surface area contributed by atoms with Crippen LogP contribution in [0.1, 0.15) is 16.8 Å². The minimum atomic E-state index is -0.0510. The van der Waals surface area contributed by atoms with Crippen molar-refractivity contribution >= 4 is 5.65 Å². The second kappa shape index (κ2) is 5.22. The quantitative estimate of drug-likeness (QED) is 0.803. The number of benzene rings is 1. The summed E-state index contributed by atoms with van der Waals surface area (Å²) in [5, 5.41) is 9.72. The molecule has 2 heterocycles. The molecule has 3 aromatic rings. The molecule has 0 aliphatic heterocycles. The standard InChI is InChI=1S/C17H18N2O2/c1-11-6-7-19-14(10-20)17(18-16(19)8-11)13-4-5-15(21-3)12(2)9-13/h4-9,20H,10H2,1-3H3. The van der Waals surface area contributed by atoms with E-state index < -0.39 is 0 Å². The summed E-state index contributed by atoms with van der Waals surface area (Å²) in [6, 6.07) is 9.96. The molecule has 2 aromatic heterocycles. The van der Waals surface area contributed by atoms with Gasteiger partial charge in [-0.1, -0.05) is 0 Å². The van der Waals surface area contributed by atoms with Gasteiger partial charge in [-0.3, -0.25) is 0 Å². The number of ether oxygens (including phenoxy) is 1. The summed E-state index contributed by atoms with van der Waals surface area (Å²) in [7, 11) is 1.66. The molecule has 108 valence electrons. The fraction of sp³-hybridized carbons (Fsp3) is 0.235. The molecule has 0 radical (unpaired) electrons. The Hall–Kier alpha value is -2.33. The van der Waals surface area contributed by atoms with E-state index in [-0.39, 0.29) is 6.61 Å². The molecular formula is C17H18N2O2. The zero-order chi connectivity index (χ0) is 15.0.